The zero-order chi connectivity index (χ0) is 18.8. The van der Waals surface area contributed by atoms with Gasteiger partial charge in [-0.2, -0.15) is 4.99 Å². The van der Waals surface area contributed by atoms with Crippen molar-refractivity contribution in [1.29, 1.82) is 0 Å². The Morgan fingerprint density at radius 1 is 1.31 bits per heavy atom. The van der Waals surface area contributed by atoms with Crippen molar-refractivity contribution >= 4 is 33.4 Å². The van der Waals surface area contributed by atoms with Gasteiger partial charge in [0, 0.05) is 19.4 Å². The molecule has 0 aliphatic rings. The number of hydrogen-bond acceptors (Lipinski definition) is 5. The largest absolute Gasteiger partial charge is 0.465 e. The number of benzene rings is 1. The number of aromatic nitrogens is 3. The fourth-order valence-electron chi connectivity index (χ4n) is 2.79. The van der Waals surface area contributed by atoms with E-state index in [2.05, 4.69) is 16.0 Å². The summed E-state index contributed by atoms with van der Waals surface area (Å²) in [4.78, 5) is 33.3. The minimum absolute atomic E-state index is 0.00339. The van der Waals surface area contributed by atoms with Gasteiger partial charge in [0.25, 0.3) is 0 Å². The lowest BCUT2D eigenvalue weighted by Gasteiger charge is -2.06. The molecule has 7 nitrogen and oxygen atoms in total. The molecule has 26 heavy (non-hydrogen) atoms. The first-order valence-electron chi connectivity index (χ1n) is 8.23. The van der Waals surface area contributed by atoms with Gasteiger partial charge in [0.05, 0.1) is 16.8 Å². The Bertz CT molecular complexity index is 1060. The molecule has 0 atom stereocenters. The van der Waals surface area contributed by atoms with Crippen LogP contribution in [0.15, 0.2) is 29.5 Å². The fourth-order valence-corrected chi connectivity index (χ4v) is 3.87. The summed E-state index contributed by atoms with van der Waals surface area (Å²) in [5, 5.41) is 0. The van der Waals surface area contributed by atoms with Crippen LogP contribution in [0.2, 0.25) is 0 Å². The quantitative estimate of drug-likeness (QED) is 0.659. The second-order valence-electron chi connectivity index (χ2n) is 5.98. The van der Waals surface area contributed by atoms with E-state index < -0.39 is 5.91 Å². The molecule has 0 saturated carbocycles. The molecule has 2 aromatic heterocycles. The van der Waals surface area contributed by atoms with Crippen LogP contribution in [0, 0.1) is 13.8 Å². The summed E-state index contributed by atoms with van der Waals surface area (Å²) in [7, 11) is 1.74. The highest BCUT2D eigenvalue weighted by Crippen LogP contribution is 2.23. The van der Waals surface area contributed by atoms with E-state index in [1.165, 1.54) is 11.3 Å². The summed E-state index contributed by atoms with van der Waals surface area (Å²) < 4.78 is 9.42. The molecule has 0 N–H and O–H groups in total. The maximum atomic E-state index is 12.5. The molecular formula is C18H20N4O3S. The number of hydrogen-bond donors (Lipinski definition) is 0. The van der Waals surface area contributed by atoms with Crippen molar-refractivity contribution in [3.05, 3.63) is 46.3 Å². The van der Waals surface area contributed by atoms with E-state index in [0.29, 0.717) is 11.4 Å². The van der Waals surface area contributed by atoms with Gasteiger partial charge in [-0.3, -0.25) is 9.59 Å². The molecule has 1 amide bonds. The number of nitrogens with zero attached hydrogens (tertiary/aromatic N) is 4. The van der Waals surface area contributed by atoms with E-state index in [0.717, 1.165) is 21.3 Å². The Kier molecular flexibility index (Phi) is 5.03. The molecule has 0 radical (unpaired) electrons. The summed E-state index contributed by atoms with van der Waals surface area (Å²) in [6, 6.07) is 4.06. The van der Waals surface area contributed by atoms with Crippen molar-refractivity contribution in [3.63, 3.8) is 0 Å². The van der Waals surface area contributed by atoms with Gasteiger partial charge < -0.3 is 13.9 Å². The van der Waals surface area contributed by atoms with Crippen molar-refractivity contribution in [3.8, 4) is 0 Å². The lowest BCUT2D eigenvalue weighted by Crippen LogP contribution is -2.23. The molecule has 0 spiro atoms. The Hall–Kier alpha value is -2.74. The average molecular weight is 372 g/mol. The van der Waals surface area contributed by atoms with Gasteiger partial charge in [0.15, 0.2) is 4.80 Å². The summed E-state index contributed by atoms with van der Waals surface area (Å²) >= 11 is 1.38. The number of carbonyl (C=O) groups excluding carboxylic acids is 2. The van der Waals surface area contributed by atoms with Crippen LogP contribution in [0.1, 0.15) is 28.7 Å². The van der Waals surface area contributed by atoms with Crippen molar-refractivity contribution in [1.82, 2.24) is 14.1 Å². The first-order chi connectivity index (χ1) is 12.4. The van der Waals surface area contributed by atoms with Crippen molar-refractivity contribution in [2.75, 3.05) is 6.61 Å². The summed E-state index contributed by atoms with van der Waals surface area (Å²) in [5.74, 6) is -0.564. The lowest BCUT2D eigenvalue weighted by molar-refractivity contribution is -0.143. The zero-order valence-electron chi connectivity index (χ0n) is 15.1. The van der Waals surface area contributed by atoms with Crippen LogP contribution < -0.4 is 4.80 Å². The molecule has 3 rings (SSSR count). The van der Waals surface area contributed by atoms with Crippen molar-refractivity contribution in [2.45, 2.75) is 27.3 Å². The highest BCUT2D eigenvalue weighted by atomic mass is 32.1. The van der Waals surface area contributed by atoms with Crippen LogP contribution in [0.25, 0.3) is 10.2 Å². The number of fused-ring (bicyclic) bond motifs is 1. The summed E-state index contributed by atoms with van der Waals surface area (Å²) in [6.07, 6.45) is 3.24. The SMILES string of the molecule is CCOC(=O)Cn1c(=NC(=O)c2nccn2C)sc2c(C)cc(C)cc21. The molecule has 0 aliphatic carbocycles. The third-order valence-corrected chi connectivity index (χ3v) is 5.15. The number of ether oxygens (including phenoxy) is 1. The third kappa shape index (κ3) is 3.45. The van der Waals surface area contributed by atoms with Crippen LogP contribution in [0.4, 0.5) is 0 Å². The fraction of sp³-hybridized carbons (Fsp3) is 0.333. The smallest absolute Gasteiger partial charge is 0.326 e. The number of aryl methyl sites for hydroxylation is 3. The standard InChI is InChI=1S/C18H20N4O3S/c1-5-25-14(23)10-22-13-9-11(2)8-12(3)15(13)26-18(22)20-17(24)16-19-6-7-21(16)4/h6-9H,5,10H2,1-4H3. The van der Waals surface area contributed by atoms with E-state index in [-0.39, 0.29) is 18.3 Å². The minimum atomic E-state index is -0.448. The van der Waals surface area contributed by atoms with Crippen LogP contribution >= 0.6 is 11.3 Å². The number of thiazole rings is 1. The van der Waals surface area contributed by atoms with E-state index >= 15 is 0 Å². The Labute approximate surface area is 154 Å². The number of amides is 1. The van der Waals surface area contributed by atoms with E-state index in [1.807, 2.05) is 19.9 Å². The first kappa shape index (κ1) is 18.1. The average Bonchev–Trinajstić information content (AvgIpc) is 3.13. The van der Waals surface area contributed by atoms with Gasteiger partial charge in [-0.25, -0.2) is 4.98 Å². The number of esters is 1. The predicted molar refractivity (Wildman–Crippen MR) is 99.0 cm³/mol. The van der Waals surface area contributed by atoms with Gasteiger partial charge in [0.2, 0.25) is 5.82 Å². The van der Waals surface area contributed by atoms with Crippen LogP contribution in [-0.2, 0) is 23.1 Å². The normalized spacial score (nSPS) is 11.9. The highest BCUT2D eigenvalue weighted by Gasteiger charge is 2.16. The molecule has 0 aliphatic heterocycles. The zero-order valence-corrected chi connectivity index (χ0v) is 16.0. The van der Waals surface area contributed by atoms with Crippen LogP contribution in [0.5, 0.6) is 0 Å². The van der Waals surface area contributed by atoms with Gasteiger partial charge in [0.1, 0.15) is 6.54 Å². The van der Waals surface area contributed by atoms with Crippen molar-refractivity contribution in [2.24, 2.45) is 12.0 Å². The lowest BCUT2D eigenvalue weighted by atomic mass is 10.1. The molecule has 3 aromatic rings. The number of carbonyl (C=O) groups is 2. The second-order valence-corrected chi connectivity index (χ2v) is 6.96. The Balaban J connectivity index is 2.18. The minimum Gasteiger partial charge on any atom is -0.465 e. The molecule has 2 heterocycles. The molecule has 0 saturated heterocycles. The summed E-state index contributed by atoms with van der Waals surface area (Å²) in [5.41, 5.74) is 3.02. The third-order valence-electron chi connectivity index (χ3n) is 3.92. The van der Waals surface area contributed by atoms with Crippen LogP contribution in [-0.4, -0.2) is 32.6 Å². The second kappa shape index (κ2) is 7.25. The monoisotopic (exact) mass is 372 g/mol. The van der Waals surface area contributed by atoms with Gasteiger partial charge in [-0.15, -0.1) is 0 Å². The molecule has 0 fully saturated rings. The topological polar surface area (TPSA) is 78.5 Å². The van der Waals surface area contributed by atoms with Gasteiger partial charge in [-0.1, -0.05) is 17.4 Å². The van der Waals surface area contributed by atoms with E-state index in [1.54, 1.807) is 35.5 Å². The predicted octanol–water partition coefficient (Wildman–Crippen LogP) is 2.36. The van der Waals surface area contributed by atoms with Gasteiger partial charge >= 0.3 is 11.9 Å². The Morgan fingerprint density at radius 2 is 2.08 bits per heavy atom. The Morgan fingerprint density at radius 3 is 2.73 bits per heavy atom. The highest BCUT2D eigenvalue weighted by molar-refractivity contribution is 7.16. The van der Waals surface area contributed by atoms with E-state index in [9.17, 15) is 9.59 Å². The number of imidazole rings is 1. The molecule has 8 heteroatoms. The molecule has 1 aromatic carbocycles. The molecule has 136 valence electrons. The molecule has 0 bridgehead atoms. The van der Waals surface area contributed by atoms with E-state index in [4.69, 9.17) is 4.74 Å². The maximum Gasteiger partial charge on any atom is 0.326 e. The van der Waals surface area contributed by atoms with Crippen LogP contribution in [0.3, 0.4) is 0 Å². The number of rotatable bonds is 4. The summed E-state index contributed by atoms with van der Waals surface area (Å²) in [6.45, 7) is 6.07. The first-order valence-corrected chi connectivity index (χ1v) is 9.05. The molecule has 0 unspecified atom stereocenters. The van der Waals surface area contributed by atoms with Crippen molar-refractivity contribution < 1.29 is 14.3 Å². The van der Waals surface area contributed by atoms with Gasteiger partial charge in [-0.05, 0) is 38.0 Å². The maximum absolute atomic E-state index is 12.5. The molecular weight excluding hydrogens is 352 g/mol.